The molecule has 1 amide bonds. The number of sulfonamides is 1. The van der Waals surface area contributed by atoms with E-state index >= 15 is 0 Å². The Balaban J connectivity index is 2.00. The molecule has 1 N–H and O–H groups in total. The van der Waals surface area contributed by atoms with Crippen LogP contribution in [-0.2, 0) is 10.0 Å². The maximum absolute atomic E-state index is 13.6. The fourth-order valence-corrected chi connectivity index (χ4v) is 5.74. The SMILES string of the molecule is CC(C)CC#Cc1ccc2c(c1)O[C@@H](CN(C)C(=O)c1ccccn1)[C@@H](C)CN([C@@H](C)CO)S2(=O)=O. The summed E-state index contributed by atoms with van der Waals surface area (Å²) in [4.78, 5) is 18.6. The first-order valence-electron chi connectivity index (χ1n) is 12.1. The van der Waals surface area contributed by atoms with Crippen LogP contribution in [0.1, 0.15) is 50.2 Å². The molecule has 0 unspecified atom stereocenters. The molecule has 0 fully saturated rings. The van der Waals surface area contributed by atoms with Crippen LogP contribution in [0, 0.1) is 23.7 Å². The van der Waals surface area contributed by atoms with Crippen LogP contribution in [0.3, 0.4) is 0 Å². The number of likely N-dealkylation sites (N-methyl/N-ethyl adjacent to an activating group) is 1. The number of aromatic nitrogens is 1. The second-order valence-electron chi connectivity index (χ2n) is 9.70. The van der Waals surface area contributed by atoms with Gasteiger partial charge in [0, 0.05) is 43.7 Å². The number of aliphatic hydroxyl groups is 1. The summed E-state index contributed by atoms with van der Waals surface area (Å²) in [5.41, 5.74) is 0.968. The Bertz CT molecular complexity index is 1220. The molecule has 0 aliphatic carbocycles. The number of nitrogens with zero attached hydrogens (tertiary/aromatic N) is 3. The van der Waals surface area contributed by atoms with E-state index in [1.165, 1.54) is 15.3 Å². The largest absolute Gasteiger partial charge is 0.487 e. The van der Waals surface area contributed by atoms with Crippen molar-refractivity contribution in [2.45, 2.75) is 51.2 Å². The van der Waals surface area contributed by atoms with Crippen LogP contribution in [0.5, 0.6) is 5.75 Å². The summed E-state index contributed by atoms with van der Waals surface area (Å²) < 4.78 is 34.8. The zero-order valence-corrected chi connectivity index (χ0v) is 22.3. The molecule has 2 aromatic rings. The van der Waals surface area contributed by atoms with Gasteiger partial charge in [0.05, 0.1) is 13.2 Å². The summed E-state index contributed by atoms with van der Waals surface area (Å²) in [6, 6.07) is 9.35. The molecule has 8 nitrogen and oxygen atoms in total. The van der Waals surface area contributed by atoms with Gasteiger partial charge in [0.2, 0.25) is 10.0 Å². The third-order valence-corrected chi connectivity index (χ3v) is 8.11. The molecule has 36 heavy (non-hydrogen) atoms. The number of amides is 1. The van der Waals surface area contributed by atoms with Gasteiger partial charge >= 0.3 is 0 Å². The zero-order chi connectivity index (χ0) is 26.5. The number of rotatable bonds is 6. The second kappa shape index (κ2) is 11.9. The minimum Gasteiger partial charge on any atom is -0.487 e. The van der Waals surface area contributed by atoms with E-state index in [1.54, 1.807) is 50.5 Å². The van der Waals surface area contributed by atoms with E-state index in [9.17, 15) is 18.3 Å². The molecule has 0 radical (unpaired) electrons. The molecule has 3 atom stereocenters. The number of pyridine rings is 1. The Morgan fingerprint density at radius 1 is 1.28 bits per heavy atom. The summed E-state index contributed by atoms with van der Waals surface area (Å²) >= 11 is 0. The molecular weight excluding hydrogens is 478 g/mol. The maximum atomic E-state index is 13.6. The summed E-state index contributed by atoms with van der Waals surface area (Å²) in [6.07, 6.45) is 1.77. The van der Waals surface area contributed by atoms with Crippen molar-refractivity contribution in [3.05, 3.63) is 53.9 Å². The number of carbonyl (C=O) groups excluding carboxylic acids is 1. The molecule has 0 saturated heterocycles. The number of ether oxygens (including phenoxy) is 1. The lowest BCUT2D eigenvalue weighted by molar-refractivity contribution is 0.0559. The second-order valence-corrected chi connectivity index (χ2v) is 11.6. The Morgan fingerprint density at radius 3 is 2.67 bits per heavy atom. The first-order chi connectivity index (χ1) is 17.0. The minimum absolute atomic E-state index is 0.0211. The molecule has 0 spiro atoms. The van der Waals surface area contributed by atoms with Gasteiger partial charge in [0.25, 0.3) is 5.91 Å². The van der Waals surface area contributed by atoms with E-state index < -0.39 is 22.2 Å². The molecular formula is C27H35N3O5S. The van der Waals surface area contributed by atoms with Crippen molar-refractivity contribution in [3.8, 4) is 17.6 Å². The van der Waals surface area contributed by atoms with Gasteiger partial charge in [-0.3, -0.25) is 9.78 Å². The first-order valence-corrected chi connectivity index (χ1v) is 13.6. The molecule has 194 valence electrons. The highest BCUT2D eigenvalue weighted by Gasteiger charge is 2.38. The van der Waals surface area contributed by atoms with E-state index in [4.69, 9.17) is 4.74 Å². The Hall–Kier alpha value is -2.93. The number of benzene rings is 1. The Labute approximate surface area is 214 Å². The van der Waals surface area contributed by atoms with Crippen molar-refractivity contribution in [1.29, 1.82) is 0 Å². The zero-order valence-electron chi connectivity index (χ0n) is 21.5. The lowest BCUT2D eigenvalue weighted by Crippen LogP contribution is -2.50. The highest BCUT2D eigenvalue weighted by Crippen LogP contribution is 2.34. The minimum atomic E-state index is -3.94. The lowest BCUT2D eigenvalue weighted by Gasteiger charge is -2.37. The van der Waals surface area contributed by atoms with E-state index in [2.05, 4.69) is 30.7 Å². The van der Waals surface area contributed by atoms with Crippen LogP contribution >= 0.6 is 0 Å². The van der Waals surface area contributed by atoms with Crippen molar-refractivity contribution in [3.63, 3.8) is 0 Å². The maximum Gasteiger partial charge on any atom is 0.272 e. The van der Waals surface area contributed by atoms with Gasteiger partial charge in [0.1, 0.15) is 22.4 Å². The number of hydrogen-bond donors (Lipinski definition) is 1. The first kappa shape index (κ1) is 27.7. The van der Waals surface area contributed by atoms with Crippen LogP contribution < -0.4 is 4.74 Å². The van der Waals surface area contributed by atoms with Crippen LogP contribution in [0.2, 0.25) is 0 Å². The molecule has 0 bridgehead atoms. The van der Waals surface area contributed by atoms with Crippen LogP contribution in [0.25, 0.3) is 0 Å². The predicted octanol–water partition coefficient (Wildman–Crippen LogP) is 3.02. The third-order valence-electron chi connectivity index (χ3n) is 6.09. The summed E-state index contributed by atoms with van der Waals surface area (Å²) in [6.45, 7) is 7.75. The summed E-state index contributed by atoms with van der Waals surface area (Å²) in [5, 5.41) is 9.80. The molecule has 0 saturated carbocycles. The number of aliphatic hydroxyl groups excluding tert-OH is 1. The summed E-state index contributed by atoms with van der Waals surface area (Å²) in [5.74, 6) is 6.29. The van der Waals surface area contributed by atoms with Gasteiger partial charge in [-0.25, -0.2) is 8.42 Å². The van der Waals surface area contributed by atoms with Crippen molar-refractivity contribution >= 4 is 15.9 Å². The molecule has 1 aliphatic heterocycles. The van der Waals surface area contributed by atoms with Gasteiger partial charge in [-0.15, -0.1) is 0 Å². The van der Waals surface area contributed by atoms with E-state index in [-0.39, 0.29) is 42.2 Å². The van der Waals surface area contributed by atoms with E-state index in [0.717, 1.165) is 6.42 Å². The van der Waals surface area contributed by atoms with Gasteiger partial charge < -0.3 is 14.7 Å². The fraction of sp³-hybridized carbons (Fsp3) is 0.481. The smallest absolute Gasteiger partial charge is 0.272 e. The standard InChI is InChI=1S/C27H35N3O5S/c1-19(2)9-8-10-22-12-13-26-24(15-22)35-25(17-29(5)27(32)23-11-6-7-14-28-23)20(3)16-30(21(4)18-31)36(26,33)34/h6-7,11-15,19-21,25,31H,9,16-18H2,1-5H3/t20-,21-,25-/m0/s1. The van der Waals surface area contributed by atoms with Crippen LogP contribution in [0.4, 0.5) is 0 Å². The highest BCUT2D eigenvalue weighted by molar-refractivity contribution is 7.89. The Kier molecular flexibility index (Phi) is 9.12. The third kappa shape index (κ3) is 6.44. The van der Waals surface area contributed by atoms with Gasteiger partial charge in [-0.1, -0.05) is 38.7 Å². The van der Waals surface area contributed by atoms with E-state index in [1.807, 2.05) is 6.92 Å². The van der Waals surface area contributed by atoms with Crippen molar-refractivity contribution < 1.29 is 23.1 Å². The van der Waals surface area contributed by atoms with Gasteiger partial charge in [-0.2, -0.15) is 4.31 Å². The number of fused-ring (bicyclic) bond motifs is 1. The van der Waals surface area contributed by atoms with Crippen molar-refractivity contribution in [1.82, 2.24) is 14.2 Å². The fourth-order valence-electron chi connectivity index (χ4n) is 3.92. The normalized spacial score (nSPS) is 20.2. The van der Waals surface area contributed by atoms with E-state index in [0.29, 0.717) is 17.2 Å². The number of hydrogen-bond acceptors (Lipinski definition) is 6. The monoisotopic (exact) mass is 513 g/mol. The molecule has 1 aromatic carbocycles. The van der Waals surface area contributed by atoms with Gasteiger partial charge in [-0.05, 0) is 43.2 Å². The Morgan fingerprint density at radius 2 is 2.03 bits per heavy atom. The summed E-state index contributed by atoms with van der Waals surface area (Å²) in [7, 11) is -2.27. The quantitative estimate of drug-likeness (QED) is 0.596. The van der Waals surface area contributed by atoms with Gasteiger partial charge in [0.15, 0.2) is 0 Å². The van der Waals surface area contributed by atoms with Crippen molar-refractivity contribution in [2.24, 2.45) is 11.8 Å². The average Bonchev–Trinajstić information content (AvgIpc) is 2.85. The predicted molar refractivity (Wildman–Crippen MR) is 138 cm³/mol. The lowest BCUT2D eigenvalue weighted by atomic mass is 10.0. The molecule has 1 aromatic heterocycles. The highest BCUT2D eigenvalue weighted by atomic mass is 32.2. The van der Waals surface area contributed by atoms with Crippen molar-refractivity contribution in [2.75, 3.05) is 26.7 Å². The molecule has 2 heterocycles. The molecule has 1 aliphatic rings. The number of carbonyl (C=O) groups is 1. The molecule has 3 rings (SSSR count). The topological polar surface area (TPSA) is 100 Å². The molecule has 9 heteroatoms. The van der Waals surface area contributed by atoms with Crippen LogP contribution in [0.15, 0.2) is 47.5 Å². The van der Waals surface area contributed by atoms with Crippen LogP contribution in [-0.4, -0.2) is 72.5 Å². The average molecular weight is 514 g/mol.